The zero-order chi connectivity index (χ0) is 21.2. The van der Waals surface area contributed by atoms with E-state index in [1.54, 1.807) is 6.07 Å². The standard InChI is InChI=1S/C24H22N4O3/c29-23(18-8-6-17(7-9-18)16-4-2-1-3-5-16)25-21-14-19-20(27-24(30)26-19)15-22(21)28-10-12-31-13-11-28/h1-9,14-15H,10-13H2,(H,25,29)(H2,26,27,30). The molecule has 0 spiro atoms. The van der Waals surface area contributed by atoms with E-state index in [0.29, 0.717) is 35.5 Å². The number of carbonyl (C=O) groups is 1. The first-order chi connectivity index (χ1) is 15.2. The van der Waals surface area contributed by atoms with Crippen molar-refractivity contribution < 1.29 is 9.53 Å². The first-order valence-corrected chi connectivity index (χ1v) is 10.2. The lowest BCUT2D eigenvalue weighted by Gasteiger charge is -2.30. The zero-order valence-corrected chi connectivity index (χ0v) is 16.9. The molecule has 1 aliphatic heterocycles. The van der Waals surface area contributed by atoms with Gasteiger partial charge in [0.1, 0.15) is 0 Å². The van der Waals surface area contributed by atoms with E-state index < -0.39 is 0 Å². The molecule has 0 radical (unpaired) electrons. The average Bonchev–Trinajstić information content (AvgIpc) is 3.18. The number of ether oxygens (including phenoxy) is 1. The van der Waals surface area contributed by atoms with Gasteiger partial charge in [-0.2, -0.15) is 0 Å². The van der Waals surface area contributed by atoms with Crippen LogP contribution in [0.2, 0.25) is 0 Å². The molecule has 1 saturated heterocycles. The lowest BCUT2D eigenvalue weighted by molar-refractivity contribution is 0.102. The van der Waals surface area contributed by atoms with Gasteiger partial charge in [0.2, 0.25) is 0 Å². The lowest BCUT2D eigenvalue weighted by atomic mass is 10.0. The van der Waals surface area contributed by atoms with Crippen molar-refractivity contribution >= 4 is 28.3 Å². The van der Waals surface area contributed by atoms with Crippen molar-refractivity contribution in [2.45, 2.75) is 0 Å². The molecule has 1 amide bonds. The smallest absolute Gasteiger partial charge is 0.323 e. The maximum Gasteiger partial charge on any atom is 0.323 e. The van der Waals surface area contributed by atoms with E-state index in [1.165, 1.54) is 0 Å². The number of benzene rings is 3. The largest absolute Gasteiger partial charge is 0.378 e. The summed E-state index contributed by atoms with van der Waals surface area (Å²) in [6.45, 7) is 2.68. The minimum absolute atomic E-state index is 0.202. The Bertz CT molecular complexity index is 1270. The van der Waals surface area contributed by atoms with Crippen LogP contribution in [0.1, 0.15) is 10.4 Å². The topological polar surface area (TPSA) is 90.2 Å². The number of morpholine rings is 1. The summed E-state index contributed by atoms with van der Waals surface area (Å²) in [7, 11) is 0. The highest BCUT2D eigenvalue weighted by Crippen LogP contribution is 2.31. The second kappa shape index (κ2) is 8.12. The van der Waals surface area contributed by atoms with Crippen molar-refractivity contribution in [1.29, 1.82) is 0 Å². The Morgan fingerprint density at radius 1 is 0.871 bits per heavy atom. The van der Waals surface area contributed by atoms with Gasteiger partial charge in [0, 0.05) is 18.7 Å². The Labute approximate surface area is 178 Å². The van der Waals surface area contributed by atoms with Gasteiger partial charge in [0.15, 0.2) is 0 Å². The van der Waals surface area contributed by atoms with E-state index in [2.05, 4.69) is 20.2 Å². The van der Waals surface area contributed by atoms with Gasteiger partial charge < -0.3 is 24.9 Å². The highest BCUT2D eigenvalue weighted by Gasteiger charge is 2.19. The number of imidazole rings is 1. The molecule has 3 N–H and O–H groups in total. The van der Waals surface area contributed by atoms with E-state index >= 15 is 0 Å². The number of H-pyrrole nitrogens is 2. The van der Waals surface area contributed by atoms with Crippen LogP contribution in [0.3, 0.4) is 0 Å². The maximum absolute atomic E-state index is 13.0. The lowest BCUT2D eigenvalue weighted by Crippen LogP contribution is -2.36. The van der Waals surface area contributed by atoms with E-state index in [4.69, 9.17) is 4.74 Å². The van der Waals surface area contributed by atoms with Crippen molar-refractivity contribution in [2.75, 3.05) is 36.5 Å². The quantitative estimate of drug-likeness (QED) is 0.476. The van der Waals surface area contributed by atoms with Crippen LogP contribution in [0, 0.1) is 0 Å². The van der Waals surface area contributed by atoms with E-state index in [1.807, 2.05) is 60.7 Å². The van der Waals surface area contributed by atoms with Crippen LogP contribution in [-0.4, -0.2) is 42.2 Å². The fourth-order valence-corrected chi connectivity index (χ4v) is 3.88. The van der Waals surface area contributed by atoms with Crippen molar-refractivity contribution in [3.8, 4) is 11.1 Å². The van der Waals surface area contributed by atoms with Crippen LogP contribution in [0.4, 0.5) is 11.4 Å². The minimum atomic E-state index is -0.275. The number of anilines is 2. The molecule has 0 aliphatic carbocycles. The number of aromatic amines is 2. The van der Waals surface area contributed by atoms with Gasteiger partial charge in [-0.05, 0) is 35.4 Å². The van der Waals surface area contributed by atoms with Crippen LogP contribution in [0.5, 0.6) is 0 Å². The first-order valence-electron chi connectivity index (χ1n) is 10.2. The summed E-state index contributed by atoms with van der Waals surface area (Å²) in [5, 5.41) is 3.03. The van der Waals surface area contributed by atoms with Crippen LogP contribution in [0.15, 0.2) is 71.5 Å². The van der Waals surface area contributed by atoms with Gasteiger partial charge in [0.25, 0.3) is 5.91 Å². The number of amides is 1. The highest BCUT2D eigenvalue weighted by molar-refractivity contribution is 6.07. The molecule has 0 saturated carbocycles. The Kier molecular flexibility index (Phi) is 5.01. The van der Waals surface area contributed by atoms with E-state index in [9.17, 15) is 9.59 Å². The van der Waals surface area contributed by atoms with Crippen LogP contribution < -0.4 is 15.9 Å². The molecule has 1 fully saturated rings. The highest BCUT2D eigenvalue weighted by atomic mass is 16.5. The maximum atomic E-state index is 13.0. The molecule has 3 aromatic carbocycles. The second-order valence-corrected chi connectivity index (χ2v) is 7.49. The number of hydrogen-bond donors (Lipinski definition) is 3. The van der Waals surface area contributed by atoms with Crippen LogP contribution in [-0.2, 0) is 4.74 Å². The van der Waals surface area contributed by atoms with Gasteiger partial charge in [-0.3, -0.25) is 4.79 Å². The summed E-state index contributed by atoms with van der Waals surface area (Å²) in [6, 6.07) is 21.3. The van der Waals surface area contributed by atoms with Crippen molar-refractivity contribution in [3.63, 3.8) is 0 Å². The molecule has 5 rings (SSSR count). The summed E-state index contributed by atoms with van der Waals surface area (Å²) < 4.78 is 5.46. The monoisotopic (exact) mass is 414 g/mol. The molecular formula is C24H22N4O3. The fraction of sp³-hybridized carbons (Fsp3) is 0.167. The molecule has 7 nitrogen and oxygen atoms in total. The first kappa shape index (κ1) is 19.1. The molecule has 0 unspecified atom stereocenters. The molecule has 7 heteroatoms. The SMILES string of the molecule is O=C(Nc1cc2[nH]c(=O)[nH]c2cc1N1CCOCC1)c1ccc(-c2ccccc2)cc1. The Morgan fingerprint density at radius 2 is 1.52 bits per heavy atom. The molecule has 31 heavy (non-hydrogen) atoms. The van der Waals surface area contributed by atoms with Crippen molar-refractivity contribution in [3.05, 3.63) is 82.8 Å². The van der Waals surface area contributed by atoms with Gasteiger partial charge in [0.05, 0.1) is 35.6 Å². The number of aromatic nitrogens is 2. The van der Waals surface area contributed by atoms with Crippen molar-refractivity contribution in [2.24, 2.45) is 0 Å². The number of carbonyl (C=O) groups excluding carboxylic acids is 1. The normalized spacial score (nSPS) is 14.0. The number of nitrogens with one attached hydrogen (secondary N) is 3. The number of rotatable bonds is 4. The third kappa shape index (κ3) is 3.95. The molecule has 1 aromatic heterocycles. The van der Waals surface area contributed by atoms with E-state index in [0.717, 1.165) is 29.9 Å². The molecule has 0 atom stereocenters. The fourth-order valence-electron chi connectivity index (χ4n) is 3.88. The number of hydrogen-bond acceptors (Lipinski definition) is 4. The minimum Gasteiger partial charge on any atom is -0.378 e. The molecule has 156 valence electrons. The number of nitrogens with zero attached hydrogens (tertiary/aromatic N) is 1. The third-order valence-electron chi connectivity index (χ3n) is 5.49. The summed E-state index contributed by atoms with van der Waals surface area (Å²) in [4.78, 5) is 32.5. The van der Waals surface area contributed by atoms with Gasteiger partial charge in [-0.25, -0.2) is 4.79 Å². The predicted molar refractivity (Wildman–Crippen MR) is 122 cm³/mol. The molecule has 2 heterocycles. The van der Waals surface area contributed by atoms with Crippen molar-refractivity contribution in [1.82, 2.24) is 9.97 Å². The Hall–Kier alpha value is -3.84. The molecular weight excluding hydrogens is 392 g/mol. The third-order valence-corrected chi connectivity index (χ3v) is 5.49. The van der Waals surface area contributed by atoms with Gasteiger partial charge in [-0.15, -0.1) is 0 Å². The van der Waals surface area contributed by atoms with E-state index in [-0.39, 0.29) is 11.6 Å². The second-order valence-electron chi connectivity index (χ2n) is 7.49. The zero-order valence-electron chi connectivity index (χ0n) is 16.9. The summed E-state index contributed by atoms with van der Waals surface area (Å²) in [6.07, 6.45) is 0. The van der Waals surface area contributed by atoms with Gasteiger partial charge >= 0.3 is 5.69 Å². The molecule has 1 aliphatic rings. The van der Waals surface area contributed by atoms with Crippen LogP contribution in [0.25, 0.3) is 22.2 Å². The summed E-state index contributed by atoms with van der Waals surface area (Å²) >= 11 is 0. The Morgan fingerprint density at radius 3 is 2.23 bits per heavy atom. The van der Waals surface area contributed by atoms with Crippen LogP contribution >= 0.6 is 0 Å². The predicted octanol–water partition coefficient (Wildman–Crippen LogP) is 3.61. The summed E-state index contributed by atoms with van der Waals surface area (Å²) in [5.74, 6) is -0.202. The summed E-state index contributed by atoms with van der Waals surface area (Å²) in [5.41, 5.74) is 5.32. The average molecular weight is 414 g/mol. The van der Waals surface area contributed by atoms with Gasteiger partial charge in [-0.1, -0.05) is 42.5 Å². The number of fused-ring (bicyclic) bond motifs is 1. The molecule has 4 aromatic rings. The Balaban J connectivity index is 1.44. The molecule has 0 bridgehead atoms.